The van der Waals surface area contributed by atoms with Gasteiger partial charge in [0.25, 0.3) is 0 Å². The molecule has 0 spiro atoms. The number of amides is 1. The molecule has 23 heavy (non-hydrogen) atoms. The number of carbonyl (C=O) groups excluding carboxylic acids is 1. The zero-order valence-corrected chi connectivity index (χ0v) is 14.0. The minimum absolute atomic E-state index is 0. The fraction of sp³-hybridized carbons (Fsp3) is 0.278. The van der Waals surface area contributed by atoms with Crippen molar-refractivity contribution >= 4 is 18.3 Å². The molecule has 0 aromatic heterocycles. The molecule has 0 aliphatic heterocycles. The van der Waals surface area contributed by atoms with Gasteiger partial charge in [0, 0.05) is 19.0 Å². The summed E-state index contributed by atoms with van der Waals surface area (Å²) >= 11 is 0. The van der Waals surface area contributed by atoms with Crippen LogP contribution in [0.25, 0.3) is 0 Å². The van der Waals surface area contributed by atoms with Crippen molar-refractivity contribution in [2.75, 3.05) is 0 Å². The Morgan fingerprint density at radius 3 is 2.52 bits per heavy atom. The lowest BCUT2D eigenvalue weighted by Crippen LogP contribution is -2.25. The van der Waals surface area contributed by atoms with Crippen LogP contribution in [-0.4, -0.2) is 11.9 Å². The Morgan fingerprint density at radius 2 is 1.83 bits per heavy atom. The van der Waals surface area contributed by atoms with Crippen molar-refractivity contribution in [2.24, 2.45) is 5.73 Å². The van der Waals surface area contributed by atoms with E-state index in [1.807, 2.05) is 61.5 Å². The third-order valence-electron chi connectivity index (χ3n) is 3.19. The van der Waals surface area contributed by atoms with Crippen molar-refractivity contribution in [3.05, 3.63) is 60.2 Å². The van der Waals surface area contributed by atoms with Gasteiger partial charge < -0.3 is 15.8 Å². The van der Waals surface area contributed by atoms with Crippen LogP contribution in [0.1, 0.15) is 25.3 Å². The first-order valence-corrected chi connectivity index (χ1v) is 7.47. The third-order valence-corrected chi connectivity index (χ3v) is 3.19. The van der Waals surface area contributed by atoms with Crippen molar-refractivity contribution < 1.29 is 9.53 Å². The molecule has 2 aromatic rings. The van der Waals surface area contributed by atoms with Crippen LogP contribution in [0.15, 0.2) is 54.6 Å². The number of nitrogens with two attached hydrogens (primary N) is 1. The highest BCUT2D eigenvalue weighted by Gasteiger charge is 2.04. The van der Waals surface area contributed by atoms with Crippen LogP contribution >= 0.6 is 12.4 Å². The Hall–Kier alpha value is -2.04. The quantitative estimate of drug-likeness (QED) is 0.812. The zero-order chi connectivity index (χ0) is 15.8. The standard InChI is InChI=1S/C18H22N2O2.ClH/c1-14(19)10-11-18(21)20-13-15-6-5-9-17(12-15)22-16-7-3-2-4-8-16;/h2-9,12,14H,10-11,13,19H2,1H3,(H,20,21);1H. The molecule has 4 nitrogen and oxygen atoms in total. The fourth-order valence-electron chi connectivity index (χ4n) is 1.99. The second-order valence-electron chi connectivity index (χ2n) is 5.36. The maximum Gasteiger partial charge on any atom is 0.220 e. The molecule has 2 aromatic carbocycles. The van der Waals surface area contributed by atoms with E-state index in [2.05, 4.69) is 5.32 Å². The molecule has 0 heterocycles. The molecule has 0 saturated carbocycles. The number of benzene rings is 2. The van der Waals surface area contributed by atoms with E-state index >= 15 is 0 Å². The summed E-state index contributed by atoms with van der Waals surface area (Å²) in [7, 11) is 0. The molecule has 0 saturated heterocycles. The van der Waals surface area contributed by atoms with E-state index in [9.17, 15) is 4.79 Å². The molecule has 3 N–H and O–H groups in total. The van der Waals surface area contributed by atoms with Crippen molar-refractivity contribution in [3.63, 3.8) is 0 Å². The predicted octanol–water partition coefficient (Wildman–Crippen LogP) is 3.64. The largest absolute Gasteiger partial charge is 0.457 e. The van der Waals surface area contributed by atoms with Gasteiger partial charge >= 0.3 is 0 Å². The van der Waals surface area contributed by atoms with Crippen LogP contribution in [0, 0.1) is 0 Å². The van der Waals surface area contributed by atoms with Crippen molar-refractivity contribution in [1.29, 1.82) is 0 Å². The van der Waals surface area contributed by atoms with Crippen LogP contribution in [0.3, 0.4) is 0 Å². The number of halogens is 1. The number of para-hydroxylation sites is 1. The maximum atomic E-state index is 11.7. The first kappa shape index (κ1) is 19.0. The van der Waals surface area contributed by atoms with E-state index in [1.54, 1.807) is 0 Å². The predicted molar refractivity (Wildman–Crippen MR) is 94.9 cm³/mol. The molecule has 0 aliphatic rings. The van der Waals surface area contributed by atoms with Gasteiger partial charge in [-0.25, -0.2) is 0 Å². The average Bonchev–Trinajstić information content (AvgIpc) is 2.52. The number of nitrogens with one attached hydrogen (secondary N) is 1. The molecule has 0 aliphatic carbocycles. The molecule has 5 heteroatoms. The van der Waals surface area contributed by atoms with Crippen LogP contribution in [0.4, 0.5) is 0 Å². The minimum atomic E-state index is 0. The Kier molecular flexibility index (Phi) is 8.16. The normalized spacial score (nSPS) is 11.2. The summed E-state index contributed by atoms with van der Waals surface area (Å²) in [5.74, 6) is 1.57. The van der Waals surface area contributed by atoms with Gasteiger partial charge in [0.05, 0.1) is 0 Å². The summed E-state index contributed by atoms with van der Waals surface area (Å²) in [6.07, 6.45) is 1.15. The smallest absolute Gasteiger partial charge is 0.220 e. The lowest BCUT2D eigenvalue weighted by Gasteiger charge is -2.09. The van der Waals surface area contributed by atoms with Gasteiger partial charge in [0.15, 0.2) is 0 Å². The van der Waals surface area contributed by atoms with E-state index in [-0.39, 0.29) is 24.4 Å². The van der Waals surface area contributed by atoms with Gasteiger partial charge in [-0.15, -0.1) is 12.4 Å². The van der Waals surface area contributed by atoms with Gasteiger partial charge in [0.1, 0.15) is 11.5 Å². The van der Waals surface area contributed by atoms with Gasteiger partial charge in [0.2, 0.25) is 5.91 Å². The second kappa shape index (κ2) is 9.87. The van der Waals surface area contributed by atoms with Gasteiger partial charge in [-0.05, 0) is 43.2 Å². The fourth-order valence-corrected chi connectivity index (χ4v) is 1.99. The van der Waals surface area contributed by atoms with Gasteiger partial charge in [-0.3, -0.25) is 4.79 Å². The SMILES string of the molecule is CC(N)CCC(=O)NCc1cccc(Oc2ccccc2)c1.Cl. The first-order valence-electron chi connectivity index (χ1n) is 7.47. The van der Waals surface area contributed by atoms with Gasteiger partial charge in [-0.2, -0.15) is 0 Å². The van der Waals surface area contributed by atoms with Crippen LogP contribution in [-0.2, 0) is 11.3 Å². The van der Waals surface area contributed by atoms with Crippen molar-refractivity contribution in [3.8, 4) is 11.5 Å². The highest BCUT2D eigenvalue weighted by Crippen LogP contribution is 2.21. The zero-order valence-electron chi connectivity index (χ0n) is 13.2. The number of ether oxygens (including phenoxy) is 1. The summed E-state index contributed by atoms with van der Waals surface area (Å²) < 4.78 is 5.78. The summed E-state index contributed by atoms with van der Waals surface area (Å²) in [5, 5.41) is 2.90. The lowest BCUT2D eigenvalue weighted by atomic mass is 10.2. The van der Waals surface area contributed by atoms with E-state index in [0.29, 0.717) is 19.4 Å². The van der Waals surface area contributed by atoms with E-state index < -0.39 is 0 Å². The summed E-state index contributed by atoms with van der Waals surface area (Å²) in [4.78, 5) is 11.7. The van der Waals surface area contributed by atoms with Crippen molar-refractivity contribution in [1.82, 2.24) is 5.32 Å². The highest BCUT2D eigenvalue weighted by atomic mass is 35.5. The average molecular weight is 335 g/mol. The van der Waals surface area contributed by atoms with Crippen LogP contribution in [0.5, 0.6) is 11.5 Å². The lowest BCUT2D eigenvalue weighted by molar-refractivity contribution is -0.121. The Bertz CT molecular complexity index is 603. The van der Waals surface area contributed by atoms with Crippen LogP contribution in [0.2, 0.25) is 0 Å². The van der Waals surface area contributed by atoms with E-state index in [4.69, 9.17) is 10.5 Å². The number of hydrogen-bond donors (Lipinski definition) is 2. The molecule has 0 fully saturated rings. The monoisotopic (exact) mass is 334 g/mol. The Morgan fingerprint density at radius 1 is 1.13 bits per heavy atom. The molecule has 1 amide bonds. The topological polar surface area (TPSA) is 64.4 Å². The minimum Gasteiger partial charge on any atom is -0.457 e. The molecular weight excluding hydrogens is 312 g/mol. The first-order chi connectivity index (χ1) is 10.6. The summed E-state index contributed by atoms with van der Waals surface area (Å²) in [5.41, 5.74) is 6.65. The Balaban J connectivity index is 0.00000264. The Labute approximate surface area is 143 Å². The van der Waals surface area contributed by atoms with E-state index in [1.165, 1.54) is 0 Å². The molecule has 0 radical (unpaired) electrons. The molecule has 0 bridgehead atoms. The van der Waals surface area contributed by atoms with E-state index in [0.717, 1.165) is 17.1 Å². The molecular formula is C18H23ClN2O2. The second-order valence-corrected chi connectivity index (χ2v) is 5.36. The molecule has 1 atom stereocenters. The molecule has 1 unspecified atom stereocenters. The summed E-state index contributed by atoms with van der Waals surface area (Å²) in [6.45, 7) is 2.39. The highest BCUT2D eigenvalue weighted by molar-refractivity contribution is 5.85. The maximum absolute atomic E-state index is 11.7. The number of hydrogen-bond acceptors (Lipinski definition) is 3. The molecule has 124 valence electrons. The summed E-state index contributed by atoms with van der Waals surface area (Å²) in [6, 6.07) is 17.4. The molecule has 2 rings (SSSR count). The van der Waals surface area contributed by atoms with Gasteiger partial charge in [-0.1, -0.05) is 30.3 Å². The number of rotatable bonds is 7. The number of carbonyl (C=O) groups is 1. The third kappa shape index (κ3) is 7.17. The van der Waals surface area contributed by atoms with Crippen LogP contribution < -0.4 is 15.8 Å². The van der Waals surface area contributed by atoms with Crippen molar-refractivity contribution in [2.45, 2.75) is 32.4 Å².